The summed E-state index contributed by atoms with van der Waals surface area (Å²) in [6.07, 6.45) is 10.9. The van der Waals surface area contributed by atoms with Gasteiger partial charge in [-0.15, -0.1) is 0 Å². The largest absolute Gasteiger partial charge is 0.464 e. The molecule has 0 unspecified atom stereocenters. The smallest absolute Gasteiger partial charge is 0.408 e. The van der Waals surface area contributed by atoms with Crippen LogP contribution in [0.15, 0.2) is 41.2 Å². The Kier molecular flexibility index (Phi) is 7.87. The summed E-state index contributed by atoms with van der Waals surface area (Å²) in [4.78, 5) is 43.0. The van der Waals surface area contributed by atoms with Gasteiger partial charge in [0.1, 0.15) is 5.60 Å². The highest BCUT2D eigenvalue weighted by Gasteiger charge is 2.73. The zero-order chi connectivity index (χ0) is 34.9. The van der Waals surface area contributed by atoms with E-state index in [-0.39, 0.29) is 27.7 Å². The third kappa shape index (κ3) is 6.18. The van der Waals surface area contributed by atoms with E-state index in [4.69, 9.17) is 19.0 Å². The second kappa shape index (κ2) is 11.5. The Morgan fingerprint density at radius 3 is 2.16 bits per heavy atom. The number of amides is 2. The van der Waals surface area contributed by atoms with Gasteiger partial charge >= 0.3 is 12.1 Å². The molecule has 2 amide bonds. The lowest BCUT2D eigenvalue weighted by Crippen LogP contribution is -2.79. The fourth-order valence-electron chi connectivity index (χ4n) is 8.66. The number of carbonyl (C=O) groups is 2. The van der Waals surface area contributed by atoms with Crippen LogP contribution in [0.3, 0.4) is 0 Å². The molecule has 262 valence electrons. The normalized spacial score (nSPS) is 28.6. The highest BCUT2D eigenvalue weighted by molar-refractivity contribution is 6.01. The maximum Gasteiger partial charge on any atom is 0.408 e. The van der Waals surface area contributed by atoms with E-state index in [1.807, 2.05) is 45.9 Å². The van der Waals surface area contributed by atoms with Crippen LogP contribution in [-0.4, -0.2) is 56.4 Å². The molecule has 0 atom stereocenters. The van der Waals surface area contributed by atoms with Crippen LogP contribution in [0.4, 0.5) is 10.5 Å². The zero-order valence-electron chi connectivity index (χ0n) is 30.0. The number of benzene rings is 1. The minimum atomic E-state index is -0.577. The van der Waals surface area contributed by atoms with Gasteiger partial charge in [0.05, 0.1) is 12.0 Å². The molecule has 1 N–H and O–H groups in total. The average molecular weight is 671 g/mol. The number of rotatable bonds is 9. The van der Waals surface area contributed by atoms with E-state index >= 15 is 0 Å². The lowest BCUT2D eigenvalue weighted by atomic mass is 9.39. The number of nitrogens with zero attached hydrogens (tertiary/aromatic N) is 5. The molecular weight excluding hydrogens is 620 g/mol. The summed E-state index contributed by atoms with van der Waals surface area (Å²) in [6.45, 7) is 14.9. The van der Waals surface area contributed by atoms with Crippen molar-refractivity contribution < 1.29 is 23.6 Å². The van der Waals surface area contributed by atoms with Gasteiger partial charge in [0.25, 0.3) is 0 Å². The van der Waals surface area contributed by atoms with Crippen LogP contribution in [0.2, 0.25) is 0 Å². The second-order valence-electron chi connectivity index (χ2n) is 17.3. The third-order valence-electron chi connectivity index (χ3n) is 11.3. The van der Waals surface area contributed by atoms with Crippen LogP contribution in [0.1, 0.15) is 118 Å². The Labute approximate surface area is 288 Å². The average Bonchev–Trinajstić information content (AvgIpc) is 3.54. The number of hydrogen-bond donors (Lipinski definition) is 1. The van der Waals surface area contributed by atoms with E-state index in [0.29, 0.717) is 38.4 Å². The Bertz CT molecular complexity index is 1690. The Morgan fingerprint density at radius 2 is 1.59 bits per heavy atom. The molecule has 6 fully saturated rings. The number of aromatic nitrogens is 4. The minimum absolute atomic E-state index is 0.00146. The van der Waals surface area contributed by atoms with E-state index in [0.717, 1.165) is 67.1 Å². The van der Waals surface area contributed by atoms with Crippen LogP contribution in [-0.2, 0) is 20.4 Å². The fraction of sp³-hybridized carbons (Fsp3) is 0.632. The van der Waals surface area contributed by atoms with Gasteiger partial charge < -0.3 is 24.2 Å². The van der Waals surface area contributed by atoms with Crippen LogP contribution in [0.25, 0.3) is 11.1 Å². The SMILES string of the molecule is CCOc1ncc(-c2cccc(N(CC34CCC(c5nc(C(C)(C)C)no5)(CC3)CC4)C(=O)C34CC(NC(=O)OC(C)(C)C)(C3)C4)c2)cn1. The van der Waals surface area contributed by atoms with Crippen molar-refractivity contribution in [1.82, 2.24) is 25.4 Å². The molecule has 11 heteroatoms. The number of anilines is 1. The summed E-state index contributed by atoms with van der Waals surface area (Å²) >= 11 is 0. The molecule has 1 aromatic carbocycles. The Morgan fingerprint density at radius 1 is 0.939 bits per heavy atom. The van der Waals surface area contributed by atoms with Crippen LogP contribution < -0.4 is 15.0 Å². The monoisotopic (exact) mass is 670 g/mol. The third-order valence-corrected chi connectivity index (χ3v) is 11.3. The Balaban J connectivity index is 1.13. The Hall–Kier alpha value is -4.02. The summed E-state index contributed by atoms with van der Waals surface area (Å²) in [6, 6.07) is 8.49. The van der Waals surface area contributed by atoms with Crippen LogP contribution in [0, 0.1) is 10.8 Å². The lowest BCUT2D eigenvalue weighted by Gasteiger charge is -2.69. The van der Waals surface area contributed by atoms with Crippen LogP contribution >= 0.6 is 0 Å². The first kappa shape index (κ1) is 33.5. The van der Waals surface area contributed by atoms with Crippen LogP contribution in [0.5, 0.6) is 6.01 Å². The molecule has 2 aromatic heterocycles. The molecule has 3 aromatic rings. The quantitative estimate of drug-likeness (QED) is 0.249. The fourth-order valence-corrected chi connectivity index (χ4v) is 8.66. The van der Waals surface area contributed by atoms with Gasteiger partial charge in [-0.25, -0.2) is 14.8 Å². The topological polar surface area (TPSA) is 133 Å². The molecule has 0 aliphatic heterocycles. The molecule has 0 spiro atoms. The summed E-state index contributed by atoms with van der Waals surface area (Å²) in [5, 5.41) is 7.43. The van der Waals surface area contributed by atoms with Gasteiger partial charge in [0, 0.05) is 46.6 Å². The summed E-state index contributed by atoms with van der Waals surface area (Å²) in [5.41, 5.74) is 0.989. The molecule has 4 bridgehead atoms. The highest BCUT2D eigenvalue weighted by atomic mass is 16.6. The molecule has 6 aliphatic carbocycles. The van der Waals surface area contributed by atoms with Crippen molar-refractivity contribution in [2.75, 3.05) is 18.1 Å². The standard InChI is InChI=1S/C38H50N6O5/c1-8-47-31-39-19-26(20-40-31)25-10-9-11-27(18-25)44(30(45)37-21-38(22-37,23-37)42-32(46)48-34(5,6)7)24-35-12-15-36(16-13-35,17-14-35)29-41-28(43-49-29)33(2,3)4/h9-11,18-20H,8,12-17,21-24H2,1-7H3,(H,42,46). The van der Waals surface area contributed by atoms with Gasteiger partial charge in [-0.05, 0) is 109 Å². The van der Waals surface area contributed by atoms with Crippen molar-refractivity contribution in [3.63, 3.8) is 0 Å². The number of fused-ring (bicyclic) bond motifs is 3. The predicted molar refractivity (Wildman–Crippen MR) is 184 cm³/mol. The van der Waals surface area contributed by atoms with Crippen molar-refractivity contribution >= 4 is 17.7 Å². The lowest BCUT2D eigenvalue weighted by molar-refractivity contribution is -0.177. The molecular formula is C38H50N6O5. The molecule has 6 saturated carbocycles. The van der Waals surface area contributed by atoms with Gasteiger partial charge in [0.15, 0.2) is 5.82 Å². The summed E-state index contributed by atoms with van der Waals surface area (Å²) < 4.78 is 16.9. The van der Waals surface area contributed by atoms with E-state index in [9.17, 15) is 9.59 Å². The number of alkyl carbamates (subject to hydrolysis) is 1. The van der Waals surface area contributed by atoms with E-state index in [1.54, 1.807) is 12.4 Å². The minimum Gasteiger partial charge on any atom is -0.464 e. The maximum absolute atomic E-state index is 14.7. The van der Waals surface area contributed by atoms with Gasteiger partial charge in [-0.2, -0.15) is 4.98 Å². The number of ether oxygens (including phenoxy) is 2. The van der Waals surface area contributed by atoms with Crippen molar-refractivity contribution in [3.05, 3.63) is 48.4 Å². The second-order valence-corrected chi connectivity index (χ2v) is 17.3. The van der Waals surface area contributed by atoms with E-state index in [1.165, 1.54) is 0 Å². The van der Waals surface area contributed by atoms with Crippen molar-refractivity contribution in [2.45, 2.75) is 128 Å². The molecule has 49 heavy (non-hydrogen) atoms. The number of nitrogens with one attached hydrogen (secondary N) is 1. The first-order chi connectivity index (χ1) is 23.1. The maximum atomic E-state index is 14.7. The molecule has 2 heterocycles. The van der Waals surface area contributed by atoms with E-state index < -0.39 is 17.1 Å². The summed E-state index contributed by atoms with van der Waals surface area (Å²) in [7, 11) is 0. The van der Waals surface area contributed by atoms with Crippen molar-refractivity contribution in [3.8, 4) is 17.1 Å². The first-order valence-corrected chi connectivity index (χ1v) is 17.8. The first-order valence-electron chi connectivity index (χ1n) is 17.8. The van der Waals surface area contributed by atoms with Gasteiger partial charge in [-0.1, -0.05) is 38.1 Å². The number of carbonyl (C=O) groups excluding carboxylic acids is 2. The van der Waals surface area contributed by atoms with E-state index in [2.05, 4.69) is 52.2 Å². The molecule has 0 radical (unpaired) electrons. The highest BCUT2D eigenvalue weighted by Crippen LogP contribution is 2.68. The predicted octanol–water partition coefficient (Wildman–Crippen LogP) is 7.30. The zero-order valence-corrected chi connectivity index (χ0v) is 30.0. The molecule has 6 aliphatic rings. The summed E-state index contributed by atoms with van der Waals surface area (Å²) in [5.74, 6) is 1.68. The molecule has 11 nitrogen and oxygen atoms in total. The van der Waals surface area contributed by atoms with Crippen molar-refractivity contribution in [2.24, 2.45) is 10.8 Å². The number of hydrogen-bond acceptors (Lipinski definition) is 9. The van der Waals surface area contributed by atoms with Gasteiger partial charge in [-0.3, -0.25) is 4.79 Å². The molecule has 9 rings (SSSR count). The van der Waals surface area contributed by atoms with Crippen molar-refractivity contribution in [1.29, 1.82) is 0 Å². The molecule has 0 saturated heterocycles. The van der Waals surface area contributed by atoms with Gasteiger partial charge in [0.2, 0.25) is 11.8 Å².